The lowest BCUT2D eigenvalue weighted by Crippen LogP contribution is -2.36. The van der Waals surface area contributed by atoms with Gasteiger partial charge in [0.1, 0.15) is 0 Å². The average molecular weight is 335 g/mol. The summed E-state index contributed by atoms with van der Waals surface area (Å²) in [5.41, 5.74) is 2.86. The van der Waals surface area contributed by atoms with E-state index in [9.17, 15) is 14.4 Å². The molecule has 0 spiro atoms. The maximum atomic E-state index is 12.9. The van der Waals surface area contributed by atoms with Gasteiger partial charge in [-0.05, 0) is 37.3 Å². The number of benzene rings is 2. The Hall–Kier alpha value is -2.79. The third-order valence-electron chi connectivity index (χ3n) is 4.78. The summed E-state index contributed by atoms with van der Waals surface area (Å²) in [7, 11) is 0. The van der Waals surface area contributed by atoms with Crippen LogP contribution in [-0.2, 0) is 4.74 Å². The van der Waals surface area contributed by atoms with Crippen molar-refractivity contribution in [2.24, 2.45) is 0 Å². The van der Waals surface area contributed by atoms with Crippen LogP contribution in [0.25, 0.3) is 0 Å². The highest BCUT2D eigenvalue weighted by Crippen LogP contribution is 2.31. The fraction of sp³-hybridized carbons (Fsp3) is 0.250. The average Bonchev–Trinajstić information content (AvgIpc) is 2.66. The van der Waals surface area contributed by atoms with Crippen LogP contribution in [0.5, 0.6) is 0 Å². The molecule has 0 amide bonds. The first-order valence-corrected chi connectivity index (χ1v) is 8.27. The van der Waals surface area contributed by atoms with Crippen LogP contribution in [0.15, 0.2) is 36.4 Å². The Balaban J connectivity index is 1.78. The molecule has 1 aliphatic heterocycles. The van der Waals surface area contributed by atoms with Crippen molar-refractivity contribution in [1.29, 1.82) is 0 Å². The predicted molar refractivity (Wildman–Crippen MR) is 92.8 cm³/mol. The van der Waals surface area contributed by atoms with E-state index < -0.39 is 0 Å². The summed E-state index contributed by atoms with van der Waals surface area (Å²) in [5.74, 6) is -0.507. The molecule has 5 heteroatoms. The number of rotatable bonds is 2. The van der Waals surface area contributed by atoms with Crippen LogP contribution in [0.3, 0.4) is 0 Å². The minimum Gasteiger partial charge on any atom is -0.378 e. The molecule has 0 atom stereocenters. The highest BCUT2D eigenvalue weighted by atomic mass is 16.5. The van der Waals surface area contributed by atoms with E-state index in [1.54, 1.807) is 24.3 Å². The molecule has 0 unspecified atom stereocenters. The fourth-order valence-corrected chi connectivity index (χ4v) is 3.38. The highest BCUT2D eigenvalue weighted by Gasteiger charge is 2.30. The minimum absolute atomic E-state index is 0.128. The molecule has 2 aliphatic rings. The Morgan fingerprint density at radius 3 is 2.12 bits per heavy atom. The van der Waals surface area contributed by atoms with E-state index in [-0.39, 0.29) is 17.3 Å². The predicted octanol–water partition coefficient (Wildman–Crippen LogP) is 2.50. The number of carbonyl (C=O) groups is 3. The lowest BCUT2D eigenvalue weighted by molar-refractivity contribution is 0.0977. The molecule has 2 aromatic carbocycles. The molecule has 0 radical (unpaired) electrons. The maximum Gasteiger partial charge on any atom is 0.194 e. The first-order chi connectivity index (χ1) is 12.1. The Labute approximate surface area is 145 Å². The van der Waals surface area contributed by atoms with E-state index in [4.69, 9.17) is 4.74 Å². The summed E-state index contributed by atoms with van der Waals surface area (Å²) in [5, 5.41) is 0. The summed E-state index contributed by atoms with van der Waals surface area (Å²) in [6, 6.07) is 10.1. The molecule has 25 heavy (non-hydrogen) atoms. The molecule has 1 fully saturated rings. The number of Topliss-reactive ketones (excluding diaryl/α,β-unsaturated/α-hetero) is 1. The zero-order valence-corrected chi connectivity index (χ0v) is 13.9. The standard InChI is InChI=1S/C20H17NO4/c1-12(22)13-2-4-15-17(10-13)19(23)16-5-3-14(11-18(16)20(15)24)21-6-8-25-9-7-21/h2-5,10-11H,6-9H2,1H3. The second-order valence-electron chi connectivity index (χ2n) is 6.30. The van der Waals surface area contributed by atoms with E-state index in [1.807, 2.05) is 6.07 Å². The Morgan fingerprint density at radius 2 is 1.48 bits per heavy atom. The molecule has 0 N–H and O–H groups in total. The Bertz CT molecular complexity index is 910. The zero-order valence-electron chi connectivity index (χ0n) is 13.9. The molecule has 1 aliphatic carbocycles. The van der Waals surface area contributed by atoms with Crippen LogP contribution >= 0.6 is 0 Å². The number of morpholine rings is 1. The first kappa shape index (κ1) is 15.7. The number of nitrogens with zero attached hydrogens (tertiary/aromatic N) is 1. The third-order valence-corrected chi connectivity index (χ3v) is 4.78. The summed E-state index contributed by atoms with van der Waals surface area (Å²) in [6.45, 7) is 4.28. The quantitative estimate of drug-likeness (QED) is 0.673. The van der Waals surface area contributed by atoms with Gasteiger partial charge in [0.25, 0.3) is 0 Å². The van der Waals surface area contributed by atoms with Gasteiger partial charge in [-0.15, -0.1) is 0 Å². The van der Waals surface area contributed by atoms with Crippen molar-refractivity contribution in [3.05, 3.63) is 64.2 Å². The minimum atomic E-state index is -0.207. The molecule has 126 valence electrons. The molecular formula is C20H17NO4. The van der Waals surface area contributed by atoms with Crippen LogP contribution < -0.4 is 4.90 Å². The molecule has 1 heterocycles. The van der Waals surface area contributed by atoms with Crippen molar-refractivity contribution in [2.45, 2.75) is 6.92 Å². The Morgan fingerprint density at radius 1 is 0.880 bits per heavy atom. The van der Waals surface area contributed by atoms with E-state index >= 15 is 0 Å². The van der Waals surface area contributed by atoms with Gasteiger partial charge in [0.2, 0.25) is 0 Å². The molecule has 0 aromatic heterocycles. The number of ketones is 3. The van der Waals surface area contributed by atoms with Gasteiger partial charge in [0.15, 0.2) is 17.3 Å². The van der Waals surface area contributed by atoms with E-state index in [0.29, 0.717) is 41.0 Å². The monoisotopic (exact) mass is 335 g/mol. The SMILES string of the molecule is CC(=O)c1ccc2c(c1)C(=O)c1ccc(N3CCOCC3)cc1C2=O. The van der Waals surface area contributed by atoms with Crippen molar-refractivity contribution in [2.75, 3.05) is 31.2 Å². The van der Waals surface area contributed by atoms with Gasteiger partial charge >= 0.3 is 0 Å². The van der Waals surface area contributed by atoms with Crippen LogP contribution in [0.2, 0.25) is 0 Å². The summed E-state index contributed by atoms with van der Waals surface area (Å²) in [6.07, 6.45) is 0. The van der Waals surface area contributed by atoms with Crippen molar-refractivity contribution in [3.8, 4) is 0 Å². The summed E-state index contributed by atoms with van der Waals surface area (Å²) in [4.78, 5) is 39.4. The van der Waals surface area contributed by atoms with Crippen LogP contribution in [0, 0.1) is 0 Å². The van der Waals surface area contributed by atoms with Crippen molar-refractivity contribution in [1.82, 2.24) is 0 Å². The smallest absolute Gasteiger partial charge is 0.194 e. The van der Waals surface area contributed by atoms with Crippen molar-refractivity contribution in [3.63, 3.8) is 0 Å². The van der Waals surface area contributed by atoms with Crippen LogP contribution in [0.4, 0.5) is 5.69 Å². The lowest BCUT2D eigenvalue weighted by atomic mass is 9.83. The third kappa shape index (κ3) is 2.57. The fourth-order valence-electron chi connectivity index (χ4n) is 3.38. The molecule has 0 saturated carbocycles. The van der Waals surface area contributed by atoms with Gasteiger partial charge in [-0.3, -0.25) is 14.4 Å². The van der Waals surface area contributed by atoms with Gasteiger partial charge in [-0.2, -0.15) is 0 Å². The molecule has 1 saturated heterocycles. The van der Waals surface area contributed by atoms with Gasteiger partial charge < -0.3 is 9.64 Å². The number of hydrogen-bond acceptors (Lipinski definition) is 5. The van der Waals surface area contributed by atoms with Gasteiger partial charge in [-0.1, -0.05) is 6.07 Å². The lowest BCUT2D eigenvalue weighted by Gasteiger charge is -2.30. The second-order valence-corrected chi connectivity index (χ2v) is 6.30. The number of anilines is 1. The maximum absolute atomic E-state index is 12.9. The number of fused-ring (bicyclic) bond motifs is 2. The molecule has 4 rings (SSSR count). The molecular weight excluding hydrogens is 318 g/mol. The van der Waals surface area contributed by atoms with E-state index in [1.165, 1.54) is 13.0 Å². The highest BCUT2D eigenvalue weighted by molar-refractivity contribution is 6.29. The summed E-state index contributed by atoms with van der Waals surface area (Å²) < 4.78 is 5.36. The number of hydrogen-bond donors (Lipinski definition) is 0. The normalized spacial score (nSPS) is 16.4. The Kier molecular flexibility index (Phi) is 3.73. The molecule has 5 nitrogen and oxygen atoms in total. The molecule has 0 bridgehead atoms. The van der Waals surface area contributed by atoms with Gasteiger partial charge in [0.05, 0.1) is 13.2 Å². The largest absolute Gasteiger partial charge is 0.378 e. The van der Waals surface area contributed by atoms with E-state index in [2.05, 4.69) is 4.90 Å². The van der Waals surface area contributed by atoms with Gasteiger partial charge in [0, 0.05) is 46.6 Å². The summed E-state index contributed by atoms with van der Waals surface area (Å²) >= 11 is 0. The van der Waals surface area contributed by atoms with Crippen LogP contribution in [0.1, 0.15) is 49.1 Å². The molecule has 2 aromatic rings. The second kappa shape index (κ2) is 5.93. The zero-order chi connectivity index (χ0) is 17.6. The van der Waals surface area contributed by atoms with Gasteiger partial charge in [-0.25, -0.2) is 0 Å². The first-order valence-electron chi connectivity index (χ1n) is 8.27. The number of ether oxygens (including phenoxy) is 1. The topological polar surface area (TPSA) is 63.7 Å². The van der Waals surface area contributed by atoms with Crippen LogP contribution in [-0.4, -0.2) is 43.7 Å². The van der Waals surface area contributed by atoms with E-state index in [0.717, 1.165) is 18.8 Å². The number of carbonyl (C=O) groups excluding carboxylic acids is 3. The van der Waals surface area contributed by atoms with Crippen molar-refractivity contribution < 1.29 is 19.1 Å². The van der Waals surface area contributed by atoms with Crippen molar-refractivity contribution >= 4 is 23.0 Å².